The summed E-state index contributed by atoms with van der Waals surface area (Å²) in [7, 11) is 0. The average molecular weight is 164 g/mol. The van der Waals surface area contributed by atoms with Gasteiger partial charge in [-0.3, -0.25) is 0 Å². The van der Waals surface area contributed by atoms with E-state index in [1.165, 1.54) is 25.7 Å². The Balaban J connectivity index is 1.87. The van der Waals surface area contributed by atoms with Crippen molar-refractivity contribution in [3.63, 3.8) is 0 Å². The average Bonchev–Trinajstić information content (AvgIpc) is 2.92. The standard InChI is InChI=1S/C11H16O/c12-10-5-6-11(7-10,8-1-2-8)9-3-4-9/h5-6,8-10,12H,1-4,7H2. The number of hydrogen-bond donors (Lipinski definition) is 1. The summed E-state index contributed by atoms with van der Waals surface area (Å²) >= 11 is 0. The maximum atomic E-state index is 9.53. The first-order chi connectivity index (χ1) is 5.81. The molecule has 0 aromatic heterocycles. The van der Waals surface area contributed by atoms with Gasteiger partial charge in [0.1, 0.15) is 0 Å². The van der Waals surface area contributed by atoms with Crippen molar-refractivity contribution in [1.82, 2.24) is 0 Å². The van der Waals surface area contributed by atoms with E-state index < -0.39 is 0 Å². The first-order valence-corrected chi connectivity index (χ1v) is 5.19. The SMILES string of the molecule is OC1C=CC(C2CC2)(C2CC2)C1. The molecule has 0 aliphatic heterocycles. The molecule has 0 spiro atoms. The summed E-state index contributed by atoms with van der Waals surface area (Å²) in [5.41, 5.74) is 0.458. The number of allylic oxidation sites excluding steroid dienone is 1. The fourth-order valence-corrected chi connectivity index (χ4v) is 2.97. The van der Waals surface area contributed by atoms with Crippen LogP contribution in [0.4, 0.5) is 0 Å². The molecule has 0 saturated heterocycles. The Bertz CT molecular complexity index is 211. The fourth-order valence-electron chi connectivity index (χ4n) is 2.97. The van der Waals surface area contributed by atoms with Gasteiger partial charge >= 0.3 is 0 Å². The summed E-state index contributed by atoms with van der Waals surface area (Å²) in [5, 5.41) is 9.53. The third-order valence-electron chi connectivity index (χ3n) is 3.87. The highest BCUT2D eigenvalue weighted by Crippen LogP contribution is 2.62. The Hall–Kier alpha value is -0.300. The van der Waals surface area contributed by atoms with Gasteiger partial charge in [-0.05, 0) is 49.4 Å². The van der Waals surface area contributed by atoms with Gasteiger partial charge in [-0.15, -0.1) is 0 Å². The Kier molecular flexibility index (Phi) is 1.27. The lowest BCUT2D eigenvalue weighted by atomic mass is 9.77. The van der Waals surface area contributed by atoms with Crippen LogP contribution in [0, 0.1) is 17.3 Å². The zero-order valence-corrected chi connectivity index (χ0v) is 7.37. The summed E-state index contributed by atoms with van der Waals surface area (Å²) in [6, 6.07) is 0. The molecule has 0 heterocycles. The molecular formula is C11H16O. The highest BCUT2D eigenvalue weighted by molar-refractivity contribution is 5.20. The van der Waals surface area contributed by atoms with Crippen molar-refractivity contribution in [1.29, 1.82) is 0 Å². The first-order valence-electron chi connectivity index (χ1n) is 5.19. The van der Waals surface area contributed by atoms with Crippen LogP contribution in [-0.2, 0) is 0 Å². The second-order valence-electron chi connectivity index (χ2n) is 4.79. The van der Waals surface area contributed by atoms with E-state index in [9.17, 15) is 5.11 Å². The van der Waals surface area contributed by atoms with E-state index >= 15 is 0 Å². The van der Waals surface area contributed by atoms with Gasteiger partial charge in [0, 0.05) is 0 Å². The summed E-state index contributed by atoms with van der Waals surface area (Å²) < 4.78 is 0. The minimum atomic E-state index is -0.133. The van der Waals surface area contributed by atoms with Crippen molar-refractivity contribution in [3.05, 3.63) is 12.2 Å². The third kappa shape index (κ3) is 0.891. The van der Waals surface area contributed by atoms with E-state index in [0.29, 0.717) is 5.41 Å². The van der Waals surface area contributed by atoms with Crippen LogP contribution < -0.4 is 0 Å². The molecule has 1 N–H and O–H groups in total. The molecule has 1 unspecified atom stereocenters. The Labute approximate surface area is 73.5 Å². The number of hydrogen-bond acceptors (Lipinski definition) is 1. The minimum absolute atomic E-state index is 0.133. The second-order valence-corrected chi connectivity index (χ2v) is 4.79. The maximum absolute atomic E-state index is 9.53. The Morgan fingerprint density at radius 1 is 1.08 bits per heavy atom. The fraction of sp³-hybridized carbons (Fsp3) is 0.818. The van der Waals surface area contributed by atoms with Gasteiger partial charge < -0.3 is 5.11 Å². The molecule has 0 radical (unpaired) electrons. The molecule has 3 aliphatic carbocycles. The molecule has 0 amide bonds. The van der Waals surface area contributed by atoms with Gasteiger partial charge in [0.25, 0.3) is 0 Å². The largest absolute Gasteiger partial charge is 0.389 e. The molecule has 2 saturated carbocycles. The van der Waals surface area contributed by atoms with E-state index in [4.69, 9.17) is 0 Å². The van der Waals surface area contributed by atoms with Crippen molar-refractivity contribution >= 4 is 0 Å². The third-order valence-corrected chi connectivity index (χ3v) is 3.87. The molecule has 66 valence electrons. The highest BCUT2D eigenvalue weighted by Gasteiger charge is 2.54. The number of aliphatic hydroxyl groups is 1. The smallest absolute Gasteiger partial charge is 0.0729 e. The molecule has 3 aliphatic rings. The van der Waals surface area contributed by atoms with Crippen LogP contribution in [-0.4, -0.2) is 11.2 Å². The molecule has 2 fully saturated rings. The second kappa shape index (κ2) is 2.14. The van der Waals surface area contributed by atoms with E-state index in [0.717, 1.165) is 18.3 Å². The highest BCUT2D eigenvalue weighted by atomic mass is 16.3. The molecular weight excluding hydrogens is 148 g/mol. The predicted molar refractivity (Wildman–Crippen MR) is 47.6 cm³/mol. The molecule has 0 aromatic carbocycles. The van der Waals surface area contributed by atoms with E-state index in [1.54, 1.807) is 0 Å². The Morgan fingerprint density at radius 3 is 2.00 bits per heavy atom. The van der Waals surface area contributed by atoms with Crippen LogP contribution in [0.3, 0.4) is 0 Å². The lowest BCUT2D eigenvalue weighted by molar-refractivity contribution is 0.151. The zero-order valence-electron chi connectivity index (χ0n) is 7.37. The van der Waals surface area contributed by atoms with Crippen molar-refractivity contribution in [2.45, 2.75) is 38.2 Å². The van der Waals surface area contributed by atoms with Crippen LogP contribution >= 0.6 is 0 Å². The summed E-state index contributed by atoms with van der Waals surface area (Å²) in [6.07, 6.45) is 10.9. The summed E-state index contributed by atoms with van der Waals surface area (Å²) in [5.74, 6) is 1.86. The number of rotatable bonds is 2. The van der Waals surface area contributed by atoms with Crippen LogP contribution in [0.25, 0.3) is 0 Å². The summed E-state index contributed by atoms with van der Waals surface area (Å²) in [4.78, 5) is 0. The quantitative estimate of drug-likeness (QED) is 0.620. The predicted octanol–water partition coefficient (Wildman–Crippen LogP) is 2.11. The molecule has 3 rings (SSSR count). The van der Waals surface area contributed by atoms with Crippen LogP contribution in [0.1, 0.15) is 32.1 Å². The Morgan fingerprint density at radius 2 is 1.67 bits per heavy atom. The van der Waals surface area contributed by atoms with Crippen LogP contribution in [0.5, 0.6) is 0 Å². The molecule has 1 atom stereocenters. The molecule has 1 heteroatoms. The topological polar surface area (TPSA) is 20.2 Å². The monoisotopic (exact) mass is 164 g/mol. The van der Waals surface area contributed by atoms with E-state index in [-0.39, 0.29) is 6.10 Å². The molecule has 0 aromatic rings. The van der Waals surface area contributed by atoms with Crippen molar-refractivity contribution in [2.75, 3.05) is 0 Å². The van der Waals surface area contributed by atoms with Gasteiger partial charge in [-0.25, -0.2) is 0 Å². The van der Waals surface area contributed by atoms with Gasteiger partial charge in [0.15, 0.2) is 0 Å². The lowest BCUT2D eigenvalue weighted by Crippen LogP contribution is -2.23. The van der Waals surface area contributed by atoms with Gasteiger partial charge in [-0.2, -0.15) is 0 Å². The van der Waals surface area contributed by atoms with Crippen LogP contribution in [0.2, 0.25) is 0 Å². The van der Waals surface area contributed by atoms with Gasteiger partial charge in [-0.1, -0.05) is 12.2 Å². The van der Waals surface area contributed by atoms with E-state index in [1.807, 2.05) is 6.08 Å². The molecule has 12 heavy (non-hydrogen) atoms. The lowest BCUT2D eigenvalue weighted by Gasteiger charge is -2.27. The normalized spacial score (nSPS) is 38.9. The van der Waals surface area contributed by atoms with Crippen molar-refractivity contribution in [3.8, 4) is 0 Å². The van der Waals surface area contributed by atoms with Crippen molar-refractivity contribution < 1.29 is 5.11 Å². The van der Waals surface area contributed by atoms with Gasteiger partial charge in [0.2, 0.25) is 0 Å². The number of aliphatic hydroxyl groups excluding tert-OH is 1. The van der Waals surface area contributed by atoms with Crippen molar-refractivity contribution in [2.24, 2.45) is 17.3 Å². The maximum Gasteiger partial charge on any atom is 0.0729 e. The van der Waals surface area contributed by atoms with E-state index in [2.05, 4.69) is 6.08 Å². The zero-order chi connectivity index (χ0) is 8.18. The van der Waals surface area contributed by atoms with Crippen LogP contribution in [0.15, 0.2) is 12.2 Å². The minimum Gasteiger partial charge on any atom is -0.389 e. The molecule has 0 bridgehead atoms. The molecule has 1 nitrogen and oxygen atoms in total. The first kappa shape index (κ1) is 7.14. The van der Waals surface area contributed by atoms with Gasteiger partial charge in [0.05, 0.1) is 6.10 Å². The summed E-state index contributed by atoms with van der Waals surface area (Å²) in [6.45, 7) is 0.